The fourth-order valence-corrected chi connectivity index (χ4v) is 1.90. The number of aliphatic carboxylic acids is 2. The molecule has 3 rings (SSSR count). The first-order valence-corrected chi connectivity index (χ1v) is 8.24. The first kappa shape index (κ1) is 26.8. The summed E-state index contributed by atoms with van der Waals surface area (Å²) >= 11 is 0. The highest BCUT2D eigenvalue weighted by molar-refractivity contribution is 5.73. The van der Waals surface area contributed by atoms with Crippen LogP contribution >= 0.6 is 0 Å². The molecule has 180 valence electrons. The molecule has 1 atom stereocenters. The minimum absolute atomic E-state index is 0.0737. The second kappa shape index (κ2) is 11.4. The molecule has 0 fully saturated rings. The van der Waals surface area contributed by atoms with Crippen molar-refractivity contribution in [3.63, 3.8) is 0 Å². The van der Waals surface area contributed by atoms with Gasteiger partial charge in [-0.25, -0.2) is 19.6 Å². The number of nitrogens with one attached hydrogen (secondary N) is 2. The van der Waals surface area contributed by atoms with Gasteiger partial charge in [0.25, 0.3) is 0 Å². The Morgan fingerprint density at radius 2 is 1.61 bits per heavy atom. The van der Waals surface area contributed by atoms with E-state index in [9.17, 15) is 26.3 Å². The van der Waals surface area contributed by atoms with E-state index >= 15 is 0 Å². The number of aromatic amines is 2. The van der Waals surface area contributed by atoms with Crippen LogP contribution in [0, 0.1) is 0 Å². The molecule has 18 heteroatoms. The van der Waals surface area contributed by atoms with Crippen LogP contribution in [-0.2, 0) is 16.0 Å². The third kappa shape index (κ3) is 9.61. The molecule has 6 N–H and O–H groups in total. The van der Waals surface area contributed by atoms with Crippen molar-refractivity contribution < 1.29 is 46.1 Å². The Morgan fingerprint density at radius 3 is 1.97 bits per heavy atom. The number of halogens is 6. The second-order valence-electron chi connectivity index (χ2n) is 5.72. The molecule has 0 spiro atoms. The highest BCUT2D eigenvalue weighted by Gasteiger charge is 2.38. The van der Waals surface area contributed by atoms with Gasteiger partial charge in [-0.2, -0.15) is 31.6 Å². The lowest BCUT2D eigenvalue weighted by Crippen LogP contribution is -2.21. The van der Waals surface area contributed by atoms with Gasteiger partial charge in [0, 0.05) is 12.4 Å². The van der Waals surface area contributed by atoms with Gasteiger partial charge in [0.2, 0.25) is 0 Å². The van der Waals surface area contributed by atoms with E-state index in [4.69, 9.17) is 25.5 Å². The number of pyridine rings is 1. The number of nitrogen functional groups attached to an aromatic ring is 1. The number of carboxylic acid groups (broad SMARTS) is 2. The molecule has 0 amide bonds. The topological polar surface area (TPSA) is 197 Å². The first-order valence-electron chi connectivity index (χ1n) is 8.24. The number of anilines is 1. The van der Waals surface area contributed by atoms with Crippen LogP contribution in [0.4, 0.5) is 32.2 Å². The number of hydrogen-bond acceptors (Lipinski definition) is 8. The summed E-state index contributed by atoms with van der Waals surface area (Å²) in [6, 6.07) is 3.70. The number of imidazole rings is 1. The fourth-order valence-electron chi connectivity index (χ4n) is 1.90. The van der Waals surface area contributed by atoms with E-state index in [0.717, 1.165) is 11.3 Å². The van der Waals surface area contributed by atoms with Gasteiger partial charge >= 0.3 is 24.3 Å². The van der Waals surface area contributed by atoms with Crippen LogP contribution in [0.2, 0.25) is 0 Å². The van der Waals surface area contributed by atoms with Crippen molar-refractivity contribution in [3.05, 3.63) is 47.9 Å². The lowest BCUT2D eigenvalue weighted by atomic mass is 9.97. The molecule has 0 saturated carbocycles. The zero-order valence-corrected chi connectivity index (χ0v) is 16.0. The maximum Gasteiger partial charge on any atom is 0.490 e. The van der Waals surface area contributed by atoms with Crippen LogP contribution in [0.1, 0.15) is 23.0 Å². The third-order valence-electron chi connectivity index (χ3n) is 3.32. The molecule has 0 saturated heterocycles. The van der Waals surface area contributed by atoms with Crippen molar-refractivity contribution in [1.29, 1.82) is 0 Å². The van der Waals surface area contributed by atoms with Crippen LogP contribution < -0.4 is 5.73 Å². The number of nitrogens with two attached hydrogens (primary N) is 1. The predicted octanol–water partition coefficient (Wildman–Crippen LogP) is 1.54. The monoisotopic (exact) mass is 484 g/mol. The number of alkyl halides is 6. The lowest BCUT2D eigenvalue weighted by Gasteiger charge is -2.10. The van der Waals surface area contributed by atoms with E-state index in [1.165, 1.54) is 0 Å². The number of hydrogen-bond donors (Lipinski definition) is 5. The molecule has 0 aliphatic heterocycles. The zero-order valence-electron chi connectivity index (χ0n) is 16.0. The minimum Gasteiger partial charge on any atom is -0.475 e. The van der Waals surface area contributed by atoms with Crippen LogP contribution in [-0.4, -0.2) is 70.1 Å². The van der Waals surface area contributed by atoms with E-state index in [2.05, 4.69) is 35.6 Å². The summed E-state index contributed by atoms with van der Waals surface area (Å²) in [5, 5.41) is 28.4. The number of rotatable bonds is 4. The maximum atomic E-state index is 10.6. The number of tetrazole rings is 1. The lowest BCUT2D eigenvalue weighted by molar-refractivity contribution is -0.193. The summed E-state index contributed by atoms with van der Waals surface area (Å²) in [5.41, 5.74) is 7.47. The number of H-pyrrole nitrogens is 2. The molecule has 0 aromatic carbocycles. The van der Waals surface area contributed by atoms with Crippen molar-refractivity contribution in [3.8, 4) is 0 Å². The molecule has 0 aliphatic rings. The predicted molar refractivity (Wildman–Crippen MR) is 94.3 cm³/mol. The van der Waals surface area contributed by atoms with E-state index < -0.39 is 24.3 Å². The van der Waals surface area contributed by atoms with E-state index in [1.807, 2.05) is 12.3 Å². The van der Waals surface area contributed by atoms with E-state index in [1.54, 1.807) is 18.6 Å². The first-order chi connectivity index (χ1) is 15.2. The molecule has 0 bridgehead atoms. The summed E-state index contributed by atoms with van der Waals surface area (Å²) in [6.07, 6.45) is -4.29. The highest BCUT2D eigenvalue weighted by atomic mass is 19.4. The molecule has 12 nitrogen and oxygen atoms in total. The summed E-state index contributed by atoms with van der Waals surface area (Å²) < 4.78 is 63.5. The quantitative estimate of drug-likeness (QED) is 0.339. The van der Waals surface area contributed by atoms with Gasteiger partial charge in [0.1, 0.15) is 5.82 Å². The van der Waals surface area contributed by atoms with Gasteiger partial charge in [-0.1, -0.05) is 11.3 Å². The Balaban J connectivity index is 0.000000324. The van der Waals surface area contributed by atoms with Crippen molar-refractivity contribution in [2.45, 2.75) is 24.7 Å². The Kier molecular flexibility index (Phi) is 9.25. The van der Waals surface area contributed by atoms with E-state index in [-0.39, 0.29) is 5.92 Å². The molecule has 0 radical (unpaired) electrons. The average molecular weight is 484 g/mol. The molecule has 33 heavy (non-hydrogen) atoms. The van der Waals surface area contributed by atoms with Gasteiger partial charge < -0.3 is 20.9 Å². The molecule has 3 aromatic rings. The summed E-state index contributed by atoms with van der Waals surface area (Å²) in [5.74, 6) is -4.49. The summed E-state index contributed by atoms with van der Waals surface area (Å²) in [6.45, 7) is 0. The number of aromatic nitrogens is 7. The molecular formula is C15H14F6N8O4. The highest BCUT2D eigenvalue weighted by Crippen LogP contribution is 2.23. The van der Waals surface area contributed by atoms with Gasteiger partial charge in [-0.15, -0.1) is 10.2 Å². The second-order valence-corrected chi connectivity index (χ2v) is 5.72. The van der Waals surface area contributed by atoms with Crippen molar-refractivity contribution in [2.75, 3.05) is 5.73 Å². The van der Waals surface area contributed by atoms with Gasteiger partial charge in [-0.3, -0.25) is 0 Å². The van der Waals surface area contributed by atoms with Crippen LogP contribution in [0.25, 0.3) is 0 Å². The Bertz CT molecular complexity index is 933. The smallest absolute Gasteiger partial charge is 0.475 e. The largest absolute Gasteiger partial charge is 0.490 e. The minimum atomic E-state index is -5.08. The SMILES string of the molecule is Nc1ccc(CC(c2c[nH]cn2)c2nn[nH]n2)cn1.O=C(O)C(F)(F)F.O=C(O)C(F)(F)F. The maximum absolute atomic E-state index is 10.6. The standard InChI is InChI=1S/C11H12N8.2C2HF3O2/c12-10-2-1-7(4-14-10)3-8(9-5-13-6-15-9)11-16-18-19-17-11;2*3-2(4,5)1(6)7/h1-2,4-6,8H,3H2,(H2,12,14)(H,13,15)(H,16,17,18,19);2*(H,6,7). The molecule has 1 unspecified atom stereocenters. The molecule has 3 heterocycles. The Labute approximate surface area is 178 Å². The Hall–Kier alpha value is -4.25. The zero-order chi connectivity index (χ0) is 25.2. The summed E-state index contributed by atoms with van der Waals surface area (Å²) in [4.78, 5) is 29.1. The molecule has 0 aliphatic carbocycles. The average Bonchev–Trinajstić information content (AvgIpc) is 3.41. The molecular weight excluding hydrogens is 470 g/mol. The van der Waals surface area contributed by atoms with Crippen LogP contribution in [0.5, 0.6) is 0 Å². The van der Waals surface area contributed by atoms with Crippen LogP contribution in [0.3, 0.4) is 0 Å². The van der Waals surface area contributed by atoms with Crippen molar-refractivity contribution in [1.82, 2.24) is 35.6 Å². The number of carbonyl (C=O) groups is 2. The van der Waals surface area contributed by atoms with Crippen molar-refractivity contribution >= 4 is 17.8 Å². The fraction of sp³-hybridized carbons (Fsp3) is 0.267. The van der Waals surface area contributed by atoms with Crippen molar-refractivity contribution in [2.24, 2.45) is 0 Å². The summed E-state index contributed by atoms with van der Waals surface area (Å²) in [7, 11) is 0. The number of carboxylic acids is 2. The molecule has 3 aromatic heterocycles. The van der Waals surface area contributed by atoms with Gasteiger partial charge in [-0.05, 0) is 18.1 Å². The van der Waals surface area contributed by atoms with Crippen LogP contribution in [0.15, 0.2) is 30.9 Å². The van der Waals surface area contributed by atoms with Gasteiger partial charge in [0.05, 0.1) is 17.9 Å². The number of nitrogens with zero attached hydrogens (tertiary/aromatic N) is 5. The van der Waals surface area contributed by atoms with E-state index in [0.29, 0.717) is 18.1 Å². The normalized spacial score (nSPS) is 11.9. The third-order valence-corrected chi connectivity index (χ3v) is 3.32. The van der Waals surface area contributed by atoms with Gasteiger partial charge in [0.15, 0.2) is 5.82 Å². The Morgan fingerprint density at radius 1 is 1.03 bits per heavy atom.